The van der Waals surface area contributed by atoms with Gasteiger partial charge in [-0.3, -0.25) is 14.7 Å². The molecular weight excluding hydrogens is 691 g/mol. The standard InChI is InChI=1S/C46H59N3O6/c1-33-16-17-35(31-49-25-23-37(32-49)48-42-14-9-12-36-30-47-24-22-39(36)42)28-45(33)54-26-27-55-46(53)15-8-3-2-7-13-40-41(44(52)29-43(40)51)21-20-38(50)19-18-34-10-5-4-6-11-34/h2,4-7,9-12,14,16-17,22,24,28,30,37-38,40-41,43-44,48,50-52H,3,8,13,15,18-21,23,25-27,29,31-32H2,1H3. The SMILES string of the molecule is Cc1ccc(CN2CCC(Nc3cccc4cnccc34)C2)cc1OCCOC(=O)CCCC=CCC1C(O)CC(O)C1CCC(O)CCc1ccccc1. The Hall–Kier alpha value is -4.28. The number of hydrogen-bond acceptors (Lipinski definition) is 9. The van der Waals surface area contributed by atoms with E-state index >= 15 is 0 Å². The monoisotopic (exact) mass is 749 g/mol. The van der Waals surface area contributed by atoms with E-state index in [1.807, 2.05) is 37.5 Å². The summed E-state index contributed by atoms with van der Waals surface area (Å²) in [6, 6.07) is 25.3. The first-order chi connectivity index (χ1) is 26.8. The van der Waals surface area contributed by atoms with Crippen molar-refractivity contribution in [1.82, 2.24) is 9.88 Å². The van der Waals surface area contributed by atoms with E-state index in [1.54, 1.807) is 0 Å². The fourth-order valence-electron chi connectivity index (χ4n) is 8.25. The summed E-state index contributed by atoms with van der Waals surface area (Å²) in [7, 11) is 0. The number of nitrogens with one attached hydrogen (secondary N) is 1. The third kappa shape index (κ3) is 12.1. The Balaban J connectivity index is 0.838. The number of likely N-dealkylation sites (tertiary alicyclic amines) is 1. The molecule has 2 fully saturated rings. The smallest absolute Gasteiger partial charge is 0.305 e. The van der Waals surface area contributed by atoms with Gasteiger partial charge in [-0.15, -0.1) is 0 Å². The lowest BCUT2D eigenvalue weighted by Gasteiger charge is -2.23. The minimum absolute atomic E-state index is 0.0312. The van der Waals surface area contributed by atoms with E-state index in [2.05, 4.69) is 82.0 Å². The fraction of sp³-hybridized carbons (Fsp3) is 0.478. The van der Waals surface area contributed by atoms with Crippen molar-refractivity contribution in [3.63, 3.8) is 0 Å². The molecule has 6 atom stereocenters. The number of carbonyl (C=O) groups excluding carboxylic acids is 1. The lowest BCUT2D eigenvalue weighted by atomic mass is 9.85. The molecule has 0 spiro atoms. The van der Waals surface area contributed by atoms with Gasteiger partial charge >= 0.3 is 5.97 Å². The zero-order valence-electron chi connectivity index (χ0n) is 32.3. The van der Waals surface area contributed by atoms with Gasteiger partial charge in [-0.25, -0.2) is 0 Å². The van der Waals surface area contributed by atoms with Crippen LogP contribution in [0.1, 0.15) is 74.5 Å². The van der Waals surface area contributed by atoms with Gasteiger partial charge in [0.25, 0.3) is 0 Å². The number of benzene rings is 3. The lowest BCUT2D eigenvalue weighted by molar-refractivity contribution is -0.144. The first kappa shape index (κ1) is 40.4. The Morgan fingerprint density at radius 2 is 1.84 bits per heavy atom. The van der Waals surface area contributed by atoms with Crippen molar-refractivity contribution in [2.45, 2.75) is 102 Å². The topological polar surface area (TPSA) is 124 Å². The van der Waals surface area contributed by atoms with Crippen LogP contribution < -0.4 is 10.1 Å². The summed E-state index contributed by atoms with van der Waals surface area (Å²) in [4.78, 5) is 19.1. The third-order valence-corrected chi connectivity index (χ3v) is 11.4. The molecule has 1 aromatic heterocycles. The number of pyridine rings is 1. The van der Waals surface area contributed by atoms with Gasteiger partial charge in [0.1, 0.15) is 19.0 Å². The highest BCUT2D eigenvalue weighted by Gasteiger charge is 2.40. The number of fused-ring (bicyclic) bond motifs is 1. The average Bonchev–Trinajstić information content (AvgIpc) is 3.75. The van der Waals surface area contributed by atoms with Crippen LogP contribution in [0.25, 0.3) is 10.8 Å². The molecule has 0 radical (unpaired) electrons. The molecule has 0 amide bonds. The van der Waals surface area contributed by atoms with Crippen LogP contribution in [0.5, 0.6) is 5.75 Å². The van der Waals surface area contributed by atoms with Gasteiger partial charge in [-0.1, -0.05) is 66.7 Å². The second-order valence-corrected chi connectivity index (χ2v) is 15.5. The quantitative estimate of drug-likeness (QED) is 0.0416. The van der Waals surface area contributed by atoms with Gasteiger partial charge in [0.05, 0.1) is 18.3 Å². The maximum atomic E-state index is 12.4. The molecule has 1 aliphatic heterocycles. The number of ether oxygens (including phenoxy) is 2. The number of aliphatic hydroxyl groups is 3. The van der Waals surface area contributed by atoms with Crippen molar-refractivity contribution in [2.75, 3.05) is 31.6 Å². The first-order valence-corrected chi connectivity index (χ1v) is 20.2. The van der Waals surface area contributed by atoms with Gasteiger partial charge in [0, 0.05) is 61.0 Å². The van der Waals surface area contributed by atoms with Crippen LogP contribution in [0, 0.1) is 18.8 Å². The third-order valence-electron chi connectivity index (χ3n) is 11.4. The molecular formula is C46H59N3O6. The second-order valence-electron chi connectivity index (χ2n) is 15.5. The largest absolute Gasteiger partial charge is 0.490 e. The van der Waals surface area contributed by atoms with Crippen molar-refractivity contribution in [1.29, 1.82) is 0 Å². The van der Waals surface area contributed by atoms with E-state index in [-0.39, 0.29) is 24.4 Å². The second kappa shape index (κ2) is 20.6. The molecule has 2 aliphatic rings. The zero-order valence-corrected chi connectivity index (χ0v) is 32.3. The molecule has 4 aromatic rings. The Kier molecular flexibility index (Phi) is 15.1. The number of anilines is 1. The Bertz CT molecular complexity index is 1810. The highest BCUT2D eigenvalue weighted by molar-refractivity contribution is 5.93. The van der Waals surface area contributed by atoms with Crippen LogP contribution in [0.2, 0.25) is 0 Å². The van der Waals surface area contributed by atoms with E-state index in [0.29, 0.717) is 57.6 Å². The van der Waals surface area contributed by atoms with Crippen molar-refractivity contribution in [2.24, 2.45) is 11.8 Å². The number of rotatable bonds is 20. The van der Waals surface area contributed by atoms with Crippen molar-refractivity contribution in [3.05, 3.63) is 114 Å². The van der Waals surface area contributed by atoms with Gasteiger partial charge in [0.2, 0.25) is 0 Å². The minimum Gasteiger partial charge on any atom is -0.490 e. The maximum absolute atomic E-state index is 12.4. The summed E-state index contributed by atoms with van der Waals surface area (Å²) < 4.78 is 11.5. The van der Waals surface area contributed by atoms with Crippen LogP contribution >= 0.6 is 0 Å². The molecule has 6 unspecified atom stereocenters. The number of unbranched alkanes of at least 4 members (excludes halogenated alkanes) is 1. The molecule has 55 heavy (non-hydrogen) atoms. The Morgan fingerprint density at radius 3 is 2.71 bits per heavy atom. The number of allylic oxidation sites excluding steroid dienone is 2. The molecule has 2 heterocycles. The van der Waals surface area contributed by atoms with E-state index < -0.39 is 18.3 Å². The number of aromatic nitrogens is 1. The van der Waals surface area contributed by atoms with Gasteiger partial charge in [-0.05, 0) is 111 Å². The molecule has 294 valence electrons. The van der Waals surface area contributed by atoms with E-state index in [4.69, 9.17) is 9.47 Å². The van der Waals surface area contributed by atoms with Crippen molar-refractivity contribution in [3.8, 4) is 5.75 Å². The highest BCUT2D eigenvalue weighted by Crippen LogP contribution is 2.38. The molecule has 0 bridgehead atoms. The van der Waals surface area contributed by atoms with Crippen LogP contribution in [-0.2, 0) is 22.5 Å². The normalized spacial score (nSPS) is 22.0. The number of aliphatic hydroxyl groups excluding tert-OH is 3. The molecule has 1 aliphatic carbocycles. The Morgan fingerprint density at radius 1 is 0.982 bits per heavy atom. The van der Waals surface area contributed by atoms with Crippen molar-refractivity contribution >= 4 is 22.4 Å². The predicted molar refractivity (Wildman–Crippen MR) is 218 cm³/mol. The number of nitrogens with zero attached hydrogens (tertiary/aromatic N) is 2. The summed E-state index contributed by atoms with van der Waals surface area (Å²) in [6.07, 6.45) is 13.0. The zero-order chi connectivity index (χ0) is 38.4. The van der Waals surface area contributed by atoms with E-state index in [1.165, 1.54) is 16.5 Å². The summed E-state index contributed by atoms with van der Waals surface area (Å²) in [6.45, 7) is 5.37. The molecule has 4 N–H and O–H groups in total. The summed E-state index contributed by atoms with van der Waals surface area (Å²) in [5.41, 5.74) is 4.62. The first-order valence-electron chi connectivity index (χ1n) is 20.2. The number of hydrogen-bond donors (Lipinski definition) is 4. The van der Waals surface area contributed by atoms with Gasteiger partial charge < -0.3 is 30.1 Å². The molecule has 9 heteroatoms. The molecule has 6 rings (SSSR count). The van der Waals surface area contributed by atoms with Crippen molar-refractivity contribution < 1.29 is 29.6 Å². The number of esters is 1. The predicted octanol–water partition coefficient (Wildman–Crippen LogP) is 7.40. The average molecular weight is 750 g/mol. The number of aryl methyl sites for hydroxylation is 2. The van der Waals surface area contributed by atoms with Gasteiger partial charge in [-0.2, -0.15) is 0 Å². The van der Waals surface area contributed by atoms with E-state index in [0.717, 1.165) is 61.3 Å². The minimum atomic E-state index is -0.548. The molecule has 9 nitrogen and oxygen atoms in total. The molecule has 1 saturated carbocycles. The Labute approximate surface area is 326 Å². The fourth-order valence-corrected chi connectivity index (χ4v) is 8.25. The van der Waals surface area contributed by atoms with Crippen LogP contribution in [0.15, 0.2) is 97.3 Å². The summed E-state index contributed by atoms with van der Waals surface area (Å²) in [5.74, 6) is 0.518. The van der Waals surface area contributed by atoms with Crippen LogP contribution in [0.3, 0.4) is 0 Å². The number of carbonyl (C=O) groups is 1. The summed E-state index contributed by atoms with van der Waals surface area (Å²) >= 11 is 0. The molecule has 3 aromatic carbocycles. The van der Waals surface area contributed by atoms with E-state index in [9.17, 15) is 20.1 Å². The van der Waals surface area contributed by atoms with Gasteiger partial charge in [0.15, 0.2) is 0 Å². The summed E-state index contributed by atoms with van der Waals surface area (Å²) in [5, 5.41) is 37.9. The lowest BCUT2D eigenvalue weighted by Crippen LogP contribution is -2.26. The highest BCUT2D eigenvalue weighted by atomic mass is 16.6. The van der Waals surface area contributed by atoms with Crippen LogP contribution in [-0.4, -0.2) is 81.8 Å². The van der Waals surface area contributed by atoms with Crippen LogP contribution in [0.4, 0.5) is 5.69 Å². The maximum Gasteiger partial charge on any atom is 0.305 e. The molecule has 1 saturated heterocycles.